The van der Waals surface area contributed by atoms with E-state index < -0.39 is 0 Å². The zero-order valence-electron chi connectivity index (χ0n) is 27.7. The van der Waals surface area contributed by atoms with E-state index in [1.807, 2.05) is 0 Å². The summed E-state index contributed by atoms with van der Waals surface area (Å²) in [5.41, 5.74) is 2.64. The van der Waals surface area contributed by atoms with Gasteiger partial charge in [-0.15, -0.1) is 0 Å². The van der Waals surface area contributed by atoms with Crippen LogP contribution in [0.15, 0.2) is 94.9 Å². The summed E-state index contributed by atoms with van der Waals surface area (Å²) >= 11 is 0.468. The van der Waals surface area contributed by atoms with E-state index in [1.165, 1.54) is 84.0 Å². The van der Waals surface area contributed by atoms with E-state index in [9.17, 15) is 0 Å². The molecule has 0 N–H and O–H groups in total. The Morgan fingerprint density at radius 3 is 1.40 bits per heavy atom. The molecule has 0 fully saturated rings. The van der Waals surface area contributed by atoms with Crippen molar-refractivity contribution < 1.29 is 0 Å². The molecule has 6 rings (SSSR count). The molecule has 2 radical (unpaired) electrons. The van der Waals surface area contributed by atoms with Gasteiger partial charge in [-0.1, -0.05) is 123 Å². The predicted octanol–water partition coefficient (Wildman–Crippen LogP) is 11.0. The zero-order chi connectivity index (χ0) is 31.4. The smallest absolute Gasteiger partial charge is 0.0103 e. The Labute approximate surface area is 279 Å². The molecule has 0 amide bonds. The second-order valence-corrected chi connectivity index (χ2v) is 15.0. The van der Waals surface area contributed by atoms with Crippen LogP contribution in [0.2, 0.25) is 10.5 Å². The third-order valence-electron chi connectivity index (χ3n) is 8.25. The first-order valence-electron chi connectivity index (χ1n) is 17.3. The van der Waals surface area contributed by atoms with Gasteiger partial charge in [0.25, 0.3) is 0 Å². The van der Waals surface area contributed by atoms with Crippen molar-refractivity contribution in [2.75, 3.05) is 26.2 Å². The monoisotopic (exact) mass is 662 g/mol. The summed E-state index contributed by atoms with van der Waals surface area (Å²) < 4.78 is 0. The van der Waals surface area contributed by atoms with Gasteiger partial charge < -0.3 is 20.6 Å². The van der Waals surface area contributed by atoms with Crippen LogP contribution in [0.4, 0.5) is 0 Å². The Hall–Kier alpha value is -3.12. The standard InChI is InChI=1S/2C14H13N2.C12H26Ge/c2*1-2-7-13-11(4-1)5-3-6-12(13)10-14-15-8-9-16-14;1-3-5-7-9-11-13-12-10-8-6-4-2/h2*1-7H,8-10H2;3-12H2,1-2H3/q2*-1;. The minimum absolute atomic E-state index is 0.468. The summed E-state index contributed by atoms with van der Waals surface area (Å²) in [6, 6.07) is 29.8. The fourth-order valence-electron chi connectivity index (χ4n) is 5.75. The van der Waals surface area contributed by atoms with Crippen LogP contribution in [0.5, 0.6) is 0 Å². The van der Waals surface area contributed by atoms with Gasteiger partial charge in [-0.2, -0.15) is 0 Å². The van der Waals surface area contributed by atoms with Crippen LogP contribution in [0.25, 0.3) is 32.2 Å². The van der Waals surface area contributed by atoms with Gasteiger partial charge in [0.15, 0.2) is 0 Å². The summed E-state index contributed by atoms with van der Waals surface area (Å²) in [6.07, 6.45) is 13.5. The molecule has 0 atom stereocenters. The van der Waals surface area contributed by atoms with Crippen molar-refractivity contribution in [2.45, 2.75) is 88.6 Å². The predicted molar refractivity (Wildman–Crippen MR) is 200 cm³/mol. The fourth-order valence-corrected chi connectivity index (χ4v) is 8.37. The van der Waals surface area contributed by atoms with Gasteiger partial charge in [0.2, 0.25) is 0 Å². The molecule has 0 unspecified atom stereocenters. The first kappa shape index (κ1) is 34.8. The minimum atomic E-state index is 0.468. The van der Waals surface area contributed by atoms with Crippen molar-refractivity contribution in [3.05, 3.63) is 107 Å². The summed E-state index contributed by atoms with van der Waals surface area (Å²) in [4.78, 5) is 8.78. The molecule has 4 aromatic carbocycles. The molecule has 0 saturated carbocycles. The summed E-state index contributed by atoms with van der Waals surface area (Å²) in [5, 5.41) is 17.2. The molecule has 0 aromatic heterocycles. The van der Waals surface area contributed by atoms with Gasteiger partial charge in [0.05, 0.1) is 0 Å². The molecule has 4 nitrogen and oxygen atoms in total. The molecule has 45 heavy (non-hydrogen) atoms. The van der Waals surface area contributed by atoms with Gasteiger partial charge >= 0.3 is 91.2 Å². The number of amidine groups is 2. The molecule has 2 heterocycles. The average Bonchev–Trinajstić information content (AvgIpc) is 3.80. The van der Waals surface area contributed by atoms with Crippen LogP contribution in [-0.2, 0) is 12.8 Å². The van der Waals surface area contributed by atoms with Crippen LogP contribution in [0.1, 0.15) is 76.3 Å². The maximum atomic E-state index is 4.39. The third-order valence-corrected chi connectivity index (χ3v) is 11.2. The number of hydrogen-bond acceptors (Lipinski definition) is 2. The molecular weight excluding hydrogens is 609 g/mol. The van der Waals surface area contributed by atoms with Crippen molar-refractivity contribution in [1.82, 2.24) is 0 Å². The van der Waals surface area contributed by atoms with Crippen LogP contribution < -0.4 is 0 Å². The van der Waals surface area contributed by atoms with Crippen LogP contribution in [0.3, 0.4) is 0 Å². The van der Waals surface area contributed by atoms with E-state index in [0.717, 1.165) is 50.7 Å². The van der Waals surface area contributed by atoms with Crippen molar-refractivity contribution in [2.24, 2.45) is 9.98 Å². The number of unbranched alkanes of at least 4 members (excludes halogenated alkanes) is 6. The SMILES string of the molecule is CCCCC[CH2][Ge][CH2]CCCCC.c1ccc2c(CC3=NCC[N-]3)cccc2c1.c1ccc2c(CC3=NCC[N-]3)cccc2c1. The minimum Gasteiger partial charge on any atom is -0.469 e. The van der Waals surface area contributed by atoms with Crippen LogP contribution in [-0.4, -0.2) is 53.3 Å². The number of hydrogen-bond donors (Lipinski definition) is 0. The quantitative estimate of drug-likeness (QED) is 0.0954. The number of rotatable bonds is 14. The van der Waals surface area contributed by atoms with Gasteiger partial charge in [0, 0.05) is 0 Å². The van der Waals surface area contributed by atoms with Crippen molar-refractivity contribution in [1.29, 1.82) is 0 Å². The summed E-state index contributed by atoms with van der Waals surface area (Å²) in [7, 11) is 0. The molecule has 0 spiro atoms. The van der Waals surface area contributed by atoms with E-state index in [4.69, 9.17) is 0 Å². The molecule has 0 bridgehead atoms. The third kappa shape index (κ3) is 12.3. The maximum Gasteiger partial charge on any atom is -0.0103 e. The second-order valence-electron chi connectivity index (χ2n) is 11.9. The maximum absolute atomic E-state index is 4.39. The average molecular weight is 661 g/mol. The van der Waals surface area contributed by atoms with Crippen molar-refractivity contribution >= 4 is 48.6 Å². The fraction of sp³-hybridized carbons (Fsp3) is 0.450. The zero-order valence-corrected chi connectivity index (χ0v) is 29.8. The topological polar surface area (TPSA) is 52.9 Å². The summed E-state index contributed by atoms with van der Waals surface area (Å²) in [6.45, 7) is 8.03. The number of benzene rings is 4. The van der Waals surface area contributed by atoms with Crippen molar-refractivity contribution in [3.8, 4) is 0 Å². The molecule has 238 valence electrons. The number of fused-ring (bicyclic) bond motifs is 2. The molecule has 5 heteroatoms. The second kappa shape index (κ2) is 20.8. The Morgan fingerprint density at radius 2 is 0.978 bits per heavy atom. The largest absolute Gasteiger partial charge is 0.469 e. The van der Waals surface area contributed by atoms with Gasteiger partial charge in [0.1, 0.15) is 0 Å². The Bertz CT molecular complexity index is 1360. The molecule has 0 saturated heterocycles. The molecular formula is C40H52GeN4-2. The van der Waals surface area contributed by atoms with E-state index >= 15 is 0 Å². The molecule has 0 aliphatic carbocycles. The van der Waals surface area contributed by atoms with Crippen LogP contribution >= 0.6 is 0 Å². The summed E-state index contributed by atoms with van der Waals surface area (Å²) in [5.74, 6) is 1.99. The van der Waals surface area contributed by atoms with E-state index in [-0.39, 0.29) is 0 Å². The van der Waals surface area contributed by atoms with Crippen LogP contribution in [0, 0.1) is 0 Å². The van der Waals surface area contributed by atoms with Gasteiger partial charge in [-0.25, -0.2) is 0 Å². The van der Waals surface area contributed by atoms with E-state index in [2.05, 4.69) is 119 Å². The Morgan fingerprint density at radius 1 is 0.533 bits per heavy atom. The normalized spacial score (nSPS) is 13.6. The van der Waals surface area contributed by atoms with Crippen molar-refractivity contribution in [3.63, 3.8) is 0 Å². The number of nitrogens with zero attached hydrogens (tertiary/aromatic N) is 4. The number of aliphatic imine (C=N–C) groups is 2. The first-order chi connectivity index (χ1) is 22.3. The Balaban J connectivity index is 0.000000155. The first-order valence-corrected chi connectivity index (χ1v) is 20.3. The molecule has 2 aliphatic heterocycles. The van der Waals surface area contributed by atoms with E-state index in [1.54, 1.807) is 10.5 Å². The van der Waals surface area contributed by atoms with Gasteiger partial charge in [-0.3, -0.25) is 0 Å². The molecule has 2 aliphatic rings. The van der Waals surface area contributed by atoms with E-state index in [0.29, 0.717) is 15.4 Å². The van der Waals surface area contributed by atoms with Gasteiger partial charge in [-0.05, 0) is 45.5 Å². The molecule has 4 aromatic rings. The Kier molecular flexibility index (Phi) is 16.1.